The molecule has 0 amide bonds. The molecular formula is C25H56N2O8Si2. The Labute approximate surface area is 228 Å². The van der Waals surface area contributed by atoms with Crippen LogP contribution in [0.15, 0.2) is 0 Å². The first-order chi connectivity index (χ1) is 17.7. The number of esters is 1. The summed E-state index contributed by atoms with van der Waals surface area (Å²) in [6.07, 6.45) is 1.62. The van der Waals surface area contributed by atoms with E-state index < -0.39 is 17.6 Å². The zero-order valence-electron chi connectivity index (χ0n) is 25.3. The molecule has 0 fully saturated rings. The fourth-order valence-electron chi connectivity index (χ4n) is 4.57. The van der Waals surface area contributed by atoms with Gasteiger partial charge in [0.05, 0.1) is 17.8 Å². The van der Waals surface area contributed by atoms with Crippen molar-refractivity contribution in [3.63, 3.8) is 0 Å². The molecule has 0 aliphatic heterocycles. The van der Waals surface area contributed by atoms with Gasteiger partial charge in [-0.1, -0.05) is 13.8 Å². The third kappa shape index (κ3) is 11.7. The molecule has 0 bridgehead atoms. The molecule has 0 rings (SSSR count). The van der Waals surface area contributed by atoms with E-state index in [2.05, 4.69) is 18.7 Å². The second kappa shape index (κ2) is 20.5. The lowest BCUT2D eigenvalue weighted by Crippen LogP contribution is -2.71. The van der Waals surface area contributed by atoms with Crippen molar-refractivity contribution in [2.45, 2.75) is 86.0 Å². The third-order valence-electron chi connectivity index (χ3n) is 5.84. The molecule has 0 saturated heterocycles. The van der Waals surface area contributed by atoms with Crippen LogP contribution in [0.4, 0.5) is 0 Å². The minimum absolute atomic E-state index is 0.212. The average molecular weight is 569 g/mol. The Bertz CT molecular complexity index is 521. The predicted octanol–water partition coefficient (Wildman–Crippen LogP) is 3.52. The monoisotopic (exact) mass is 568 g/mol. The quantitative estimate of drug-likeness (QED) is 0.127. The normalized spacial score (nSPS) is 14.4. The van der Waals surface area contributed by atoms with Crippen molar-refractivity contribution in [3.8, 4) is 0 Å². The molecule has 0 radical (unpaired) electrons. The zero-order chi connectivity index (χ0) is 28.3. The van der Waals surface area contributed by atoms with Gasteiger partial charge in [0.25, 0.3) is 0 Å². The van der Waals surface area contributed by atoms with Crippen LogP contribution in [0, 0.1) is 0 Å². The number of hydrogen-bond acceptors (Lipinski definition) is 10. The lowest BCUT2D eigenvalue weighted by Gasteiger charge is -2.47. The van der Waals surface area contributed by atoms with Gasteiger partial charge >= 0.3 is 23.6 Å². The Morgan fingerprint density at radius 1 is 0.622 bits per heavy atom. The summed E-state index contributed by atoms with van der Waals surface area (Å²) in [5, 5.41) is 0. The van der Waals surface area contributed by atoms with Crippen molar-refractivity contribution in [2.75, 3.05) is 73.4 Å². The van der Waals surface area contributed by atoms with Gasteiger partial charge in [0, 0.05) is 52.7 Å². The molecular weight excluding hydrogens is 512 g/mol. The van der Waals surface area contributed by atoms with E-state index in [0.717, 1.165) is 0 Å². The predicted molar refractivity (Wildman–Crippen MR) is 150 cm³/mol. The summed E-state index contributed by atoms with van der Waals surface area (Å²) in [5.74, 6) is -0.246. The molecule has 0 aliphatic rings. The SMILES string of the molecule is CCO[Si](OCC)(OCC)C(CC)N(CCC(=O)OCCN(C)C)C(CC)[Si](OCC)(OCC)OCC. The van der Waals surface area contributed by atoms with E-state index in [1.54, 1.807) is 0 Å². The van der Waals surface area contributed by atoms with Gasteiger partial charge < -0.3 is 36.2 Å². The molecule has 0 N–H and O–H groups in total. The molecule has 0 aromatic rings. The fourth-order valence-corrected chi connectivity index (χ4v) is 11.2. The molecule has 0 heterocycles. The van der Waals surface area contributed by atoms with E-state index in [9.17, 15) is 4.79 Å². The minimum Gasteiger partial charge on any atom is -0.464 e. The molecule has 2 unspecified atom stereocenters. The van der Waals surface area contributed by atoms with Crippen molar-refractivity contribution in [2.24, 2.45) is 0 Å². The van der Waals surface area contributed by atoms with Crippen LogP contribution in [0.3, 0.4) is 0 Å². The maximum atomic E-state index is 12.8. The van der Waals surface area contributed by atoms with Crippen molar-refractivity contribution in [1.82, 2.24) is 9.80 Å². The number of ether oxygens (including phenoxy) is 1. The van der Waals surface area contributed by atoms with Crippen molar-refractivity contribution in [3.05, 3.63) is 0 Å². The van der Waals surface area contributed by atoms with E-state index >= 15 is 0 Å². The van der Waals surface area contributed by atoms with E-state index in [-0.39, 0.29) is 23.7 Å². The summed E-state index contributed by atoms with van der Waals surface area (Å²) in [7, 11) is -2.51. The molecule has 37 heavy (non-hydrogen) atoms. The lowest BCUT2D eigenvalue weighted by atomic mass is 10.3. The molecule has 0 spiro atoms. The van der Waals surface area contributed by atoms with Crippen LogP contribution in [0.5, 0.6) is 0 Å². The van der Waals surface area contributed by atoms with Gasteiger partial charge in [-0.25, -0.2) is 0 Å². The highest BCUT2D eigenvalue weighted by Crippen LogP contribution is 2.31. The number of hydrogen-bond donors (Lipinski definition) is 0. The van der Waals surface area contributed by atoms with Crippen LogP contribution < -0.4 is 0 Å². The van der Waals surface area contributed by atoms with E-state index in [0.29, 0.717) is 72.2 Å². The maximum absolute atomic E-state index is 12.8. The zero-order valence-corrected chi connectivity index (χ0v) is 27.3. The van der Waals surface area contributed by atoms with Crippen LogP contribution in [0.2, 0.25) is 0 Å². The van der Waals surface area contributed by atoms with Crippen LogP contribution in [0.1, 0.15) is 74.7 Å². The summed E-state index contributed by atoms with van der Waals surface area (Å²) >= 11 is 0. The Morgan fingerprint density at radius 2 is 0.973 bits per heavy atom. The molecule has 222 valence electrons. The van der Waals surface area contributed by atoms with Gasteiger partial charge in [-0.2, -0.15) is 0 Å². The average Bonchev–Trinajstić information content (AvgIpc) is 2.83. The topological polar surface area (TPSA) is 88.2 Å². The van der Waals surface area contributed by atoms with Gasteiger partial charge in [-0.15, -0.1) is 0 Å². The van der Waals surface area contributed by atoms with Crippen LogP contribution in [0.25, 0.3) is 0 Å². The Kier molecular flexibility index (Phi) is 20.3. The lowest BCUT2D eigenvalue weighted by molar-refractivity contribution is -0.144. The second-order valence-corrected chi connectivity index (χ2v) is 14.1. The van der Waals surface area contributed by atoms with Gasteiger partial charge in [0.1, 0.15) is 6.61 Å². The first kappa shape index (κ1) is 36.6. The number of nitrogens with zero attached hydrogens (tertiary/aromatic N) is 2. The van der Waals surface area contributed by atoms with Crippen molar-refractivity contribution >= 4 is 23.6 Å². The summed E-state index contributed by atoms with van der Waals surface area (Å²) in [4.78, 5) is 17.0. The molecule has 2 atom stereocenters. The summed E-state index contributed by atoms with van der Waals surface area (Å²) in [6, 6.07) is 0. The highest BCUT2D eigenvalue weighted by molar-refractivity contribution is 6.64. The molecule has 10 nitrogen and oxygen atoms in total. The summed E-state index contributed by atoms with van der Waals surface area (Å²) in [6.45, 7) is 20.2. The minimum atomic E-state index is -3.20. The van der Waals surface area contributed by atoms with Crippen molar-refractivity contribution < 1.29 is 36.1 Å². The van der Waals surface area contributed by atoms with Crippen molar-refractivity contribution in [1.29, 1.82) is 0 Å². The second-order valence-electron chi connectivity index (χ2n) is 8.66. The molecule has 0 aromatic heterocycles. The molecule has 0 saturated carbocycles. The van der Waals surface area contributed by atoms with E-state index in [4.69, 9.17) is 31.3 Å². The van der Waals surface area contributed by atoms with E-state index in [1.807, 2.05) is 60.5 Å². The first-order valence-electron chi connectivity index (χ1n) is 14.1. The van der Waals surface area contributed by atoms with E-state index in [1.165, 1.54) is 0 Å². The maximum Gasteiger partial charge on any atom is 0.519 e. The number of likely N-dealkylation sites (N-methyl/N-ethyl adjacent to an activating group) is 1. The number of carbonyl (C=O) groups is 1. The highest BCUT2D eigenvalue weighted by atomic mass is 28.4. The molecule has 0 aromatic carbocycles. The standard InChI is InChI=1S/C25H56N2O8Si2/c1-11-23(36(30-13-3,31-14-4)32-15-5)27(20-19-25(28)29-22-21-26(9)10)24(12-2)37(33-16-6,34-17-7)35-18-8/h23-24H,11-22H2,1-10H3. The smallest absolute Gasteiger partial charge is 0.464 e. The van der Waals surface area contributed by atoms with Crippen LogP contribution >= 0.6 is 0 Å². The molecule has 12 heteroatoms. The number of rotatable bonds is 24. The van der Waals surface area contributed by atoms with Crippen LogP contribution in [-0.4, -0.2) is 118 Å². The summed E-state index contributed by atoms with van der Waals surface area (Å²) < 4.78 is 43.6. The number of carbonyl (C=O) groups excluding carboxylic acids is 1. The van der Waals surface area contributed by atoms with Crippen LogP contribution in [-0.2, 0) is 36.1 Å². The summed E-state index contributed by atoms with van der Waals surface area (Å²) in [5.41, 5.74) is -0.444. The third-order valence-corrected chi connectivity index (χ3v) is 13.1. The van der Waals surface area contributed by atoms with Gasteiger partial charge in [0.15, 0.2) is 0 Å². The largest absolute Gasteiger partial charge is 0.519 e. The Morgan fingerprint density at radius 3 is 1.24 bits per heavy atom. The van der Waals surface area contributed by atoms with Gasteiger partial charge in [-0.3, -0.25) is 9.69 Å². The Hall–Kier alpha value is -0.416. The van der Waals surface area contributed by atoms with Gasteiger partial charge in [0.2, 0.25) is 0 Å². The molecule has 0 aliphatic carbocycles. The first-order valence-corrected chi connectivity index (χ1v) is 17.7. The Balaban J connectivity index is 6.58. The highest BCUT2D eigenvalue weighted by Gasteiger charge is 2.58. The fraction of sp³-hybridized carbons (Fsp3) is 0.960. The van der Waals surface area contributed by atoms with Gasteiger partial charge in [-0.05, 0) is 68.5 Å².